The van der Waals surface area contributed by atoms with Crippen LogP contribution in [-0.4, -0.2) is 22.7 Å². The van der Waals surface area contributed by atoms with E-state index in [1.807, 2.05) is 30.3 Å². The summed E-state index contributed by atoms with van der Waals surface area (Å²) in [4.78, 5) is 9.00. The molecule has 24 heavy (non-hydrogen) atoms. The summed E-state index contributed by atoms with van der Waals surface area (Å²) in [6.07, 6.45) is 0. The van der Waals surface area contributed by atoms with E-state index in [4.69, 9.17) is 38.7 Å². The molecule has 8 heteroatoms. The SMILES string of the molecule is CC(=O)O.NC(N)=N/N=C(/c1ccccc1)c1cc(Cl)ccc1N. The predicted molar refractivity (Wildman–Crippen MR) is 97.1 cm³/mol. The molecule has 7 N–H and O–H groups in total. The monoisotopic (exact) mass is 347 g/mol. The van der Waals surface area contributed by atoms with Crippen LogP contribution in [0, 0.1) is 0 Å². The fourth-order valence-corrected chi connectivity index (χ4v) is 1.88. The molecule has 0 aliphatic carbocycles. The molecular formula is C16H18ClN5O2. The van der Waals surface area contributed by atoms with E-state index in [2.05, 4.69) is 10.2 Å². The summed E-state index contributed by atoms with van der Waals surface area (Å²) in [6.45, 7) is 1.08. The number of carboxylic acid groups (broad SMARTS) is 1. The molecule has 0 aromatic heterocycles. The Morgan fingerprint density at radius 2 is 1.67 bits per heavy atom. The number of nitrogens with zero attached hydrogens (tertiary/aromatic N) is 2. The minimum Gasteiger partial charge on any atom is -0.481 e. The Balaban J connectivity index is 0.000000648. The number of nitrogens with two attached hydrogens (primary N) is 3. The fourth-order valence-electron chi connectivity index (χ4n) is 1.70. The first-order valence-corrected chi connectivity index (χ1v) is 7.16. The van der Waals surface area contributed by atoms with Crippen LogP contribution in [0.15, 0.2) is 58.7 Å². The molecule has 0 atom stereocenters. The zero-order valence-electron chi connectivity index (χ0n) is 13.0. The van der Waals surface area contributed by atoms with Crippen LogP contribution in [0.2, 0.25) is 5.02 Å². The van der Waals surface area contributed by atoms with Gasteiger partial charge in [0.15, 0.2) is 0 Å². The smallest absolute Gasteiger partial charge is 0.300 e. The Morgan fingerprint density at radius 3 is 2.21 bits per heavy atom. The van der Waals surface area contributed by atoms with Crippen LogP contribution in [0.4, 0.5) is 5.69 Å². The number of benzene rings is 2. The highest BCUT2D eigenvalue weighted by Crippen LogP contribution is 2.22. The van der Waals surface area contributed by atoms with E-state index >= 15 is 0 Å². The minimum absolute atomic E-state index is 0.126. The number of aliphatic carboxylic acids is 1. The second-order valence-corrected chi connectivity index (χ2v) is 5.03. The summed E-state index contributed by atoms with van der Waals surface area (Å²) in [7, 11) is 0. The molecule has 0 unspecified atom stereocenters. The number of anilines is 1. The zero-order chi connectivity index (χ0) is 18.1. The number of nitrogen functional groups attached to an aromatic ring is 1. The molecule has 2 aromatic carbocycles. The molecule has 0 amide bonds. The van der Waals surface area contributed by atoms with Gasteiger partial charge in [0.1, 0.15) is 5.71 Å². The topological polar surface area (TPSA) is 140 Å². The molecule has 126 valence electrons. The van der Waals surface area contributed by atoms with Crippen molar-refractivity contribution in [2.24, 2.45) is 21.7 Å². The summed E-state index contributed by atoms with van der Waals surface area (Å²) in [5, 5.41) is 15.8. The van der Waals surface area contributed by atoms with Crippen LogP contribution in [0.5, 0.6) is 0 Å². The number of rotatable bonds is 3. The van der Waals surface area contributed by atoms with Gasteiger partial charge in [-0.15, -0.1) is 10.2 Å². The van der Waals surface area contributed by atoms with Gasteiger partial charge in [-0.2, -0.15) is 0 Å². The number of hydrogen-bond acceptors (Lipinski definition) is 4. The third-order valence-corrected chi connectivity index (χ3v) is 2.82. The maximum Gasteiger partial charge on any atom is 0.300 e. The molecule has 0 radical (unpaired) electrons. The van der Waals surface area contributed by atoms with Crippen molar-refractivity contribution >= 4 is 34.9 Å². The average Bonchev–Trinajstić information content (AvgIpc) is 2.51. The normalized spacial score (nSPS) is 10.3. The Morgan fingerprint density at radius 1 is 1.08 bits per heavy atom. The zero-order valence-corrected chi connectivity index (χ0v) is 13.7. The Kier molecular flexibility index (Phi) is 7.25. The molecule has 2 aromatic rings. The van der Waals surface area contributed by atoms with Crippen LogP contribution in [0.3, 0.4) is 0 Å². The largest absolute Gasteiger partial charge is 0.481 e. The summed E-state index contributed by atoms with van der Waals surface area (Å²) in [5.74, 6) is -0.959. The Labute approximate surface area is 144 Å². The van der Waals surface area contributed by atoms with Crippen LogP contribution >= 0.6 is 11.6 Å². The van der Waals surface area contributed by atoms with Crippen molar-refractivity contribution in [3.63, 3.8) is 0 Å². The lowest BCUT2D eigenvalue weighted by molar-refractivity contribution is -0.134. The summed E-state index contributed by atoms with van der Waals surface area (Å²) < 4.78 is 0. The third-order valence-electron chi connectivity index (χ3n) is 2.58. The van der Waals surface area contributed by atoms with E-state index in [1.54, 1.807) is 18.2 Å². The van der Waals surface area contributed by atoms with Gasteiger partial charge in [-0.3, -0.25) is 4.79 Å². The predicted octanol–water partition coefficient (Wildman–Crippen LogP) is 2.04. The molecule has 0 saturated heterocycles. The second kappa shape index (κ2) is 9.16. The summed E-state index contributed by atoms with van der Waals surface area (Å²) in [5.41, 5.74) is 19.3. The van der Waals surface area contributed by atoms with Crippen molar-refractivity contribution < 1.29 is 9.90 Å². The lowest BCUT2D eigenvalue weighted by Gasteiger charge is -2.09. The van der Waals surface area contributed by atoms with Gasteiger partial charge in [0.05, 0.1) is 0 Å². The molecule has 0 fully saturated rings. The van der Waals surface area contributed by atoms with Crippen molar-refractivity contribution in [2.45, 2.75) is 6.92 Å². The van der Waals surface area contributed by atoms with E-state index < -0.39 is 5.97 Å². The first kappa shape index (κ1) is 19.0. The van der Waals surface area contributed by atoms with E-state index in [-0.39, 0.29) is 5.96 Å². The summed E-state index contributed by atoms with van der Waals surface area (Å²) in [6, 6.07) is 14.6. The highest BCUT2D eigenvalue weighted by atomic mass is 35.5. The molecular weight excluding hydrogens is 330 g/mol. The highest BCUT2D eigenvalue weighted by molar-refractivity contribution is 6.31. The first-order valence-electron chi connectivity index (χ1n) is 6.78. The minimum atomic E-state index is -0.833. The molecule has 0 saturated carbocycles. The number of carbonyl (C=O) groups is 1. The van der Waals surface area contributed by atoms with E-state index in [1.165, 1.54) is 0 Å². The van der Waals surface area contributed by atoms with Crippen molar-refractivity contribution in [2.75, 3.05) is 5.73 Å². The highest BCUT2D eigenvalue weighted by Gasteiger charge is 2.11. The van der Waals surface area contributed by atoms with Crippen LogP contribution in [0.1, 0.15) is 18.1 Å². The van der Waals surface area contributed by atoms with Crippen molar-refractivity contribution in [3.8, 4) is 0 Å². The molecule has 2 rings (SSSR count). The third kappa shape index (κ3) is 6.37. The van der Waals surface area contributed by atoms with Gasteiger partial charge in [0, 0.05) is 28.8 Å². The van der Waals surface area contributed by atoms with Gasteiger partial charge >= 0.3 is 0 Å². The van der Waals surface area contributed by atoms with Gasteiger partial charge in [-0.1, -0.05) is 41.9 Å². The number of carboxylic acids is 1. The molecule has 0 heterocycles. The van der Waals surface area contributed by atoms with Crippen molar-refractivity contribution in [1.82, 2.24) is 0 Å². The maximum absolute atomic E-state index is 9.00. The van der Waals surface area contributed by atoms with E-state index in [9.17, 15) is 0 Å². The molecule has 0 aliphatic rings. The van der Waals surface area contributed by atoms with Gasteiger partial charge in [0.25, 0.3) is 5.97 Å². The summed E-state index contributed by atoms with van der Waals surface area (Å²) >= 11 is 6.02. The standard InChI is InChI=1S/C14H14ClN5.C2H4O2/c15-10-6-7-12(16)11(8-10)13(19-20-14(17)18)9-4-2-1-3-5-9;1-2(3)4/h1-8H,16H2,(H4,17,18,20);1H3,(H,3,4)/b19-13-;. The van der Waals surface area contributed by atoms with Crippen LogP contribution < -0.4 is 17.2 Å². The second-order valence-electron chi connectivity index (χ2n) is 4.59. The fraction of sp³-hybridized carbons (Fsp3) is 0.0625. The average molecular weight is 348 g/mol. The van der Waals surface area contributed by atoms with Crippen LogP contribution in [0.25, 0.3) is 0 Å². The van der Waals surface area contributed by atoms with Gasteiger partial charge in [0.2, 0.25) is 5.96 Å². The van der Waals surface area contributed by atoms with Crippen molar-refractivity contribution in [1.29, 1.82) is 0 Å². The number of halogens is 1. The Hall–Kier alpha value is -3.06. The molecule has 0 spiro atoms. The van der Waals surface area contributed by atoms with Gasteiger partial charge in [-0.25, -0.2) is 0 Å². The molecule has 7 nitrogen and oxygen atoms in total. The van der Waals surface area contributed by atoms with Crippen molar-refractivity contribution in [3.05, 3.63) is 64.7 Å². The molecule has 0 bridgehead atoms. The van der Waals surface area contributed by atoms with E-state index in [0.29, 0.717) is 22.0 Å². The van der Waals surface area contributed by atoms with Gasteiger partial charge in [-0.05, 0) is 18.2 Å². The number of hydrogen-bond donors (Lipinski definition) is 4. The lowest BCUT2D eigenvalue weighted by Crippen LogP contribution is -2.22. The Bertz CT molecular complexity index is 752. The molecule has 0 aliphatic heterocycles. The van der Waals surface area contributed by atoms with Gasteiger partial charge < -0.3 is 22.3 Å². The van der Waals surface area contributed by atoms with E-state index in [0.717, 1.165) is 12.5 Å². The first-order chi connectivity index (χ1) is 11.3. The number of guanidine groups is 1. The maximum atomic E-state index is 9.00. The lowest BCUT2D eigenvalue weighted by atomic mass is 10.0. The quantitative estimate of drug-likeness (QED) is 0.291. The van der Waals surface area contributed by atoms with Crippen LogP contribution in [-0.2, 0) is 4.79 Å².